The Balaban J connectivity index is 2.03. The van der Waals surface area contributed by atoms with Crippen LogP contribution < -0.4 is 0 Å². The second kappa shape index (κ2) is 8.74. The maximum atomic E-state index is 13.3. The monoisotopic (exact) mass is 482 g/mol. The summed E-state index contributed by atoms with van der Waals surface area (Å²) in [5.74, 6) is -2.03. The molecule has 2 aliphatic rings. The van der Waals surface area contributed by atoms with Gasteiger partial charge in [0.15, 0.2) is 11.8 Å². The van der Waals surface area contributed by atoms with Gasteiger partial charge in [0.05, 0.1) is 25.4 Å². The predicted octanol–water partition coefficient (Wildman–Crippen LogP) is 3.95. The van der Waals surface area contributed by atoms with Crippen LogP contribution in [0.2, 0.25) is 10.0 Å². The smallest absolute Gasteiger partial charge is 0.337 e. The van der Waals surface area contributed by atoms with E-state index in [0.29, 0.717) is 26.7 Å². The van der Waals surface area contributed by atoms with Gasteiger partial charge in [-0.05, 0) is 23.3 Å². The number of hydrogen-bond donors (Lipinski definition) is 0. The molecule has 4 rings (SSSR count). The molecule has 166 valence electrons. The quantitative estimate of drug-likeness (QED) is 0.608. The first-order chi connectivity index (χ1) is 15.8. The SMILES string of the molecule is COC(=O)C1=C2C(=C(C#N)N(Cc3ccc(Cl)cc3Cl)C1C(=O)OC)C(=O)c1ccccc12. The van der Waals surface area contributed by atoms with Crippen LogP contribution in [-0.2, 0) is 25.6 Å². The Labute approximate surface area is 199 Å². The van der Waals surface area contributed by atoms with Crippen LogP contribution in [0.3, 0.4) is 0 Å². The van der Waals surface area contributed by atoms with Crippen molar-refractivity contribution >= 4 is 46.5 Å². The number of nitrogens with zero attached hydrogens (tertiary/aromatic N) is 2. The number of allylic oxidation sites excluding steroid dienone is 3. The van der Waals surface area contributed by atoms with Crippen LogP contribution in [0.4, 0.5) is 0 Å². The van der Waals surface area contributed by atoms with Crippen molar-refractivity contribution in [2.24, 2.45) is 0 Å². The Morgan fingerprint density at radius 3 is 2.36 bits per heavy atom. The van der Waals surface area contributed by atoms with E-state index < -0.39 is 23.8 Å². The van der Waals surface area contributed by atoms with Crippen LogP contribution in [0, 0.1) is 11.3 Å². The summed E-state index contributed by atoms with van der Waals surface area (Å²) < 4.78 is 9.98. The van der Waals surface area contributed by atoms with E-state index >= 15 is 0 Å². The zero-order valence-electron chi connectivity index (χ0n) is 17.5. The lowest BCUT2D eigenvalue weighted by Gasteiger charge is -2.36. The van der Waals surface area contributed by atoms with Crippen molar-refractivity contribution < 1.29 is 23.9 Å². The Kier molecular flexibility index (Phi) is 5.98. The van der Waals surface area contributed by atoms with E-state index in [1.807, 2.05) is 6.07 Å². The van der Waals surface area contributed by atoms with Crippen molar-refractivity contribution in [3.8, 4) is 6.07 Å². The molecule has 0 N–H and O–H groups in total. The Morgan fingerprint density at radius 1 is 1.06 bits per heavy atom. The molecule has 9 heteroatoms. The van der Waals surface area contributed by atoms with E-state index in [2.05, 4.69) is 0 Å². The lowest BCUT2D eigenvalue weighted by molar-refractivity contribution is -0.148. The minimum Gasteiger partial charge on any atom is -0.467 e. The van der Waals surface area contributed by atoms with Gasteiger partial charge in [0.2, 0.25) is 0 Å². The van der Waals surface area contributed by atoms with E-state index in [-0.39, 0.29) is 29.0 Å². The molecule has 0 saturated carbocycles. The molecule has 0 bridgehead atoms. The molecule has 33 heavy (non-hydrogen) atoms. The van der Waals surface area contributed by atoms with Crippen LogP contribution in [0.15, 0.2) is 59.3 Å². The van der Waals surface area contributed by atoms with Gasteiger partial charge in [0, 0.05) is 27.7 Å². The number of rotatable bonds is 4. The van der Waals surface area contributed by atoms with Crippen LogP contribution in [0.25, 0.3) is 5.57 Å². The number of hydrogen-bond acceptors (Lipinski definition) is 7. The zero-order chi connectivity index (χ0) is 23.9. The normalized spacial score (nSPS) is 16.9. The van der Waals surface area contributed by atoms with Crippen LogP contribution in [0.1, 0.15) is 21.5 Å². The van der Waals surface area contributed by atoms with Crippen LogP contribution in [-0.4, -0.2) is 42.9 Å². The highest BCUT2D eigenvalue weighted by Gasteiger charge is 2.48. The largest absolute Gasteiger partial charge is 0.467 e. The fourth-order valence-corrected chi connectivity index (χ4v) is 4.63. The first-order valence-corrected chi connectivity index (χ1v) is 10.5. The van der Waals surface area contributed by atoms with Gasteiger partial charge in [-0.2, -0.15) is 5.26 Å². The van der Waals surface area contributed by atoms with E-state index in [1.165, 1.54) is 25.2 Å². The second-order valence-electron chi connectivity index (χ2n) is 7.28. The van der Waals surface area contributed by atoms with Gasteiger partial charge in [-0.25, -0.2) is 9.59 Å². The molecular formula is C24H16Cl2N2O5. The minimum absolute atomic E-state index is 0.0318. The maximum Gasteiger partial charge on any atom is 0.337 e. The number of methoxy groups -OCH3 is 2. The van der Waals surface area contributed by atoms with E-state index in [1.54, 1.807) is 36.4 Å². The van der Waals surface area contributed by atoms with Crippen molar-refractivity contribution in [2.45, 2.75) is 12.6 Å². The Bertz CT molecular complexity index is 1320. The molecule has 1 aliphatic carbocycles. The number of ketones is 1. The van der Waals surface area contributed by atoms with Gasteiger partial charge < -0.3 is 14.4 Å². The molecule has 1 heterocycles. The molecule has 0 spiro atoms. The summed E-state index contributed by atoms with van der Waals surface area (Å²) in [6.07, 6.45) is 0. The zero-order valence-corrected chi connectivity index (χ0v) is 19.0. The molecule has 2 aromatic carbocycles. The summed E-state index contributed by atoms with van der Waals surface area (Å²) in [5, 5.41) is 10.8. The summed E-state index contributed by atoms with van der Waals surface area (Å²) >= 11 is 12.3. The number of esters is 2. The molecule has 0 fully saturated rings. The predicted molar refractivity (Wildman–Crippen MR) is 120 cm³/mol. The topological polar surface area (TPSA) is 96.7 Å². The van der Waals surface area contributed by atoms with Crippen molar-refractivity contribution in [1.29, 1.82) is 5.26 Å². The van der Waals surface area contributed by atoms with Crippen molar-refractivity contribution in [3.63, 3.8) is 0 Å². The molecule has 0 saturated heterocycles. The Morgan fingerprint density at radius 2 is 1.76 bits per heavy atom. The first kappa shape index (κ1) is 22.6. The standard InChI is InChI=1S/C24H16Cl2N2O5/c1-32-23(30)20-18-14-5-3-4-6-15(14)22(29)19(18)17(10-27)28(21(20)24(31)33-2)11-12-7-8-13(25)9-16(12)26/h3-9,21H,11H2,1-2H3. The fraction of sp³-hybridized carbons (Fsp3) is 0.167. The molecule has 0 amide bonds. The van der Waals surface area contributed by atoms with Gasteiger partial charge in [0.25, 0.3) is 0 Å². The minimum atomic E-state index is -1.35. The lowest BCUT2D eigenvalue weighted by atomic mass is 9.87. The number of Topliss-reactive ketones (excluding diaryl/α,β-unsaturated/α-hetero) is 1. The van der Waals surface area contributed by atoms with Gasteiger partial charge in [-0.15, -0.1) is 0 Å². The van der Waals surface area contributed by atoms with Gasteiger partial charge in [-0.3, -0.25) is 4.79 Å². The number of halogens is 2. The van der Waals surface area contributed by atoms with Crippen molar-refractivity contribution in [2.75, 3.05) is 14.2 Å². The highest BCUT2D eigenvalue weighted by molar-refractivity contribution is 6.35. The average Bonchev–Trinajstić information content (AvgIpc) is 3.11. The lowest BCUT2D eigenvalue weighted by Crippen LogP contribution is -2.47. The number of ether oxygens (including phenoxy) is 2. The third-order valence-corrected chi connectivity index (χ3v) is 6.17. The van der Waals surface area contributed by atoms with E-state index in [4.69, 9.17) is 32.7 Å². The molecule has 2 aromatic rings. The number of fused-ring (bicyclic) bond motifs is 3. The summed E-state index contributed by atoms with van der Waals surface area (Å²) in [4.78, 5) is 40.7. The van der Waals surface area contributed by atoms with Gasteiger partial charge in [0.1, 0.15) is 11.8 Å². The summed E-state index contributed by atoms with van der Waals surface area (Å²) in [6, 6.07) is 12.1. The average molecular weight is 483 g/mol. The second-order valence-corrected chi connectivity index (χ2v) is 8.12. The molecule has 0 aromatic heterocycles. The molecule has 1 unspecified atom stereocenters. The molecular weight excluding hydrogens is 467 g/mol. The van der Waals surface area contributed by atoms with Crippen LogP contribution in [0.5, 0.6) is 0 Å². The molecule has 1 aliphatic heterocycles. The van der Waals surface area contributed by atoms with E-state index in [9.17, 15) is 19.6 Å². The van der Waals surface area contributed by atoms with Crippen molar-refractivity contribution in [1.82, 2.24) is 4.90 Å². The fourth-order valence-electron chi connectivity index (χ4n) is 4.16. The van der Waals surface area contributed by atoms with Crippen molar-refractivity contribution in [3.05, 3.63) is 86.0 Å². The molecule has 1 atom stereocenters. The number of benzene rings is 2. The highest BCUT2D eigenvalue weighted by Crippen LogP contribution is 2.46. The first-order valence-electron chi connectivity index (χ1n) is 9.73. The maximum absolute atomic E-state index is 13.3. The molecule has 0 radical (unpaired) electrons. The number of carbonyl (C=O) groups is 3. The van der Waals surface area contributed by atoms with Gasteiger partial charge >= 0.3 is 11.9 Å². The third-order valence-electron chi connectivity index (χ3n) is 5.59. The summed E-state index contributed by atoms with van der Waals surface area (Å²) in [5.41, 5.74) is 1.38. The van der Waals surface area contributed by atoms with Crippen LogP contribution >= 0.6 is 23.2 Å². The van der Waals surface area contributed by atoms with Gasteiger partial charge in [-0.1, -0.05) is 53.5 Å². The summed E-state index contributed by atoms with van der Waals surface area (Å²) in [7, 11) is 2.35. The third kappa shape index (κ3) is 3.58. The number of carbonyl (C=O) groups excluding carboxylic acids is 3. The Hall–Kier alpha value is -3.60. The van der Waals surface area contributed by atoms with E-state index in [0.717, 1.165) is 0 Å². The highest BCUT2D eigenvalue weighted by atomic mass is 35.5. The summed E-state index contributed by atoms with van der Waals surface area (Å²) in [6.45, 7) is -0.0699. The molecule has 7 nitrogen and oxygen atoms in total. The number of nitriles is 1.